The molecule has 27 heavy (non-hydrogen) atoms. The van der Waals surface area contributed by atoms with Gasteiger partial charge in [0.2, 0.25) is 5.95 Å². The van der Waals surface area contributed by atoms with Gasteiger partial charge in [-0.25, -0.2) is 14.8 Å². The van der Waals surface area contributed by atoms with Gasteiger partial charge < -0.3 is 0 Å². The lowest BCUT2D eigenvalue weighted by atomic mass is 10.1. The van der Waals surface area contributed by atoms with E-state index in [0.29, 0.717) is 10.9 Å². The molecule has 2 aromatic carbocycles. The number of anilines is 1. The highest BCUT2D eigenvalue weighted by molar-refractivity contribution is 9.08. The van der Waals surface area contributed by atoms with Crippen LogP contribution in [0.3, 0.4) is 0 Å². The maximum Gasteiger partial charge on any atom is 0.270 e. The summed E-state index contributed by atoms with van der Waals surface area (Å²) in [6.07, 6.45) is 1.29. The van der Waals surface area contributed by atoms with Crippen LogP contribution in [0.2, 0.25) is 0 Å². The number of benzene rings is 2. The smallest absolute Gasteiger partial charge is 0.270 e. The minimum atomic E-state index is -0.586. The number of halogens is 2. The lowest BCUT2D eigenvalue weighted by Gasteiger charge is -2.06. The van der Waals surface area contributed by atoms with E-state index in [-0.39, 0.29) is 22.8 Å². The number of hydrazone groups is 1. The molecule has 134 valence electrons. The van der Waals surface area contributed by atoms with Crippen molar-refractivity contribution >= 4 is 28.1 Å². The van der Waals surface area contributed by atoms with Crippen molar-refractivity contribution < 1.29 is 4.39 Å². The van der Waals surface area contributed by atoms with Crippen molar-refractivity contribution in [3.05, 3.63) is 81.4 Å². The summed E-state index contributed by atoms with van der Waals surface area (Å²) in [6, 6.07) is 15.5. The Morgan fingerprint density at radius 1 is 1.30 bits per heavy atom. The third-order valence-electron chi connectivity index (χ3n) is 3.67. The highest BCUT2D eigenvalue weighted by Crippen LogP contribution is 2.19. The van der Waals surface area contributed by atoms with Crippen molar-refractivity contribution in [1.82, 2.24) is 9.97 Å². The van der Waals surface area contributed by atoms with E-state index in [0.717, 1.165) is 5.56 Å². The number of aromatic amines is 1. The van der Waals surface area contributed by atoms with Crippen LogP contribution < -0.4 is 11.0 Å². The first-order valence-electron chi connectivity index (χ1n) is 7.85. The number of nitrogens with zero attached hydrogens (tertiary/aromatic N) is 3. The second-order valence-electron chi connectivity index (χ2n) is 5.48. The van der Waals surface area contributed by atoms with Gasteiger partial charge in [-0.1, -0.05) is 58.4 Å². The molecule has 0 aliphatic rings. The highest BCUT2D eigenvalue weighted by Gasteiger charge is 2.12. The third kappa shape index (κ3) is 4.27. The second kappa shape index (κ2) is 8.38. The Bertz CT molecular complexity index is 1090. The number of nitrogens with one attached hydrogen (secondary N) is 2. The molecular formula is C19H13BrFN5O. The summed E-state index contributed by atoms with van der Waals surface area (Å²) < 4.78 is 14.0. The Morgan fingerprint density at radius 2 is 2.07 bits per heavy atom. The topological polar surface area (TPSA) is 93.9 Å². The van der Waals surface area contributed by atoms with Gasteiger partial charge in [0.1, 0.15) is 17.4 Å². The lowest BCUT2D eigenvalue weighted by Crippen LogP contribution is -2.16. The maximum atomic E-state index is 14.0. The van der Waals surface area contributed by atoms with E-state index in [1.807, 2.05) is 12.1 Å². The molecule has 3 aromatic rings. The molecule has 0 saturated carbocycles. The van der Waals surface area contributed by atoms with Gasteiger partial charge in [0.05, 0.1) is 11.9 Å². The second-order valence-corrected chi connectivity index (χ2v) is 6.04. The van der Waals surface area contributed by atoms with E-state index in [1.54, 1.807) is 36.4 Å². The van der Waals surface area contributed by atoms with Crippen molar-refractivity contribution in [2.75, 3.05) is 5.43 Å². The molecule has 0 unspecified atom stereocenters. The van der Waals surface area contributed by atoms with E-state index in [4.69, 9.17) is 0 Å². The summed E-state index contributed by atoms with van der Waals surface area (Å²) in [5.41, 5.74) is 3.86. The molecule has 0 spiro atoms. The zero-order chi connectivity index (χ0) is 19.2. The number of rotatable bonds is 5. The van der Waals surface area contributed by atoms with E-state index in [2.05, 4.69) is 36.4 Å². The molecule has 0 bridgehead atoms. The van der Waals surface area contributed by atoms with Crippen LogP contribution in [0.15, 0.2) is 58.4 Å². The molecule has 1 heterocycles. The fraction of sp³-hybridized carbons (Fsp3) is 0.0526. The Hall–Kier alpha value is -3.31. The van der Waals surface area contributed by atoms with Crippen LogP contribution in [0.4, 0.5) is 10.3 Å². The number of H-pyrrole nitrogens is 1. The van der Waals surface area contributed by atoms with E-state index in [9.17, 15) is 14.4 Å². The summed E-state index contributed by atoms with van der Waals surface area (Å²) in [5.74, 6) is -0.365. The summed E-state index contributed by atoms with van der Waals surface area (Å²) in [4.78, 5) is 18.8. The monoisotopic (exact) mass is 425 g/mol. The zero-order valence-corrected chi connectivity index (χ0v) is 15.5. The van der Waals surface area contributed by atoms with Gasteiger partial charge in [-0.2, -0.15) is 10.4 Å². The van der Waals surface area contributed by atoms with E-state index in [1.165, 1.54) is 12.3 Å². The third-order valence-corrected chi connectivity index (χ3v) is 4.32. The summed E-state index contributed by atoms with van der Waals surface area (Å²) in [7, 11) is 0. The first kappa shape index (κ1) is 18.5. The van der Waals surface area contributed by atoms with Gasteiger partial charge in [0.25, 0.3) is 5.56 Å². The Morgan fingerprint density at radius 3 is 2.74 bits per heavy atom. The Labute approximate surface area is 162 Å². The molecule has 2 N–H and O–H groups in total. The maximum absolute atomic E-state index is 14.0. The molecule has 0 amide bonds. The zero-order valence-electron chi connectivity index (χ0n) is 13.9. The molecule has 0 aliphatic carbocycles. The van der Waals surface area contributed by atoms with Crippen LogP contribution in [0.5, 0.6) is 0 Å². The van der Waals surface area contributed by atoms with Gasteiger partial charge in [-0.3, -0.25) is 9.78 Å². The van der Waals surface area contributed by atoms with Crippen LogP contribution in [-0.2, 0) is 5.33 Å². The van der Waals surface area contributed by atoms with Crippen LogP contribution in [0, 0.1) is 17.1 Å². The number of hydrogen-bond donors (Lipinski definition) is 2. The van der Waals surface area contributed by atoms with Crippen LogP contribution in [-0.4, -0.2) is 16.2 Å². The van der Waals surface area contributed by atoms with Gasteiger partial charge in [-0.15, -0.1) is 0 Å². The fourth-order valence-electron chi connectivity index (χ4n) is 2.36. The summed E-state index contributed by atoms with van der Waals surface area (Å²) >= 11 is 3.27. The predicted molar refractivity (Wildman–Crippen MR) is 105 cm³/mol. The van der Waals surface area contributed by atoms with E-state index >= 15 is 0 Å². The van der Waals surface area contributed by atoms with Crippen LogP contribution >= 0.6 is 15.9 Å². The Kier molecular flexibility index (Phi) is 5.74. The van der Waals surface area contributed by atoms with Gasteiger partial charge in [-0.05, 0) is 11.6 Å². The first-order chi connectivity index (χ1) is 13.1. The standard InChI is InChI=1S/C19H13BrFN5O/c20-9-12-6-7-14(16(21)8-12)11-23-26-19-24-17(13-4-2-1-3-5-13)15(10-22)18(27)25-19/h1-8,11H,9H2,(H2,24,25,26,27). The minimum absolute atomic E-state index is 0.0478. The molecule has 0 radical (unpaired) electrons. The number of hydrogen-bond acceptors (Lipinski definition) is 5. The molecule has 0 saturated heterocycles. The first-order valence-corrected chi connectivity index (χ1v) is 8.98. The molecule has 6 nitrogen and oxygen atoms in total. The predicted octanol–water partition coefficient (Wildman–Crippen LogP) is 3.79. The normalized spacial score (nSPS) is 10.7. The molecule has 8 heteroatoms. The quantitative estimate of drug-likeness (QED) is 0.369. The molecule has 1 aromatic heterocycles. The molecule has 0 atom stereocenters. The SMILES string of the molecule is N#Cc1c(-c2ccccc2)nc(NN=Cc2ccc(CBr)cc2F)[nH]c1=O. The van der Waals surface area contributed by atoms with Crippen molar-refractivity contribution in [3.63, 3.8) is 0 Å². The van der Waals surface area contributed by atoms with Crippen LogP contribution in [0.25, 0.3) is 11.3 Å². The molecule has 0 fully saturated rings. The van der Waals surface area contributed by atoms with Gasteiger partial charge >= 0.3 is 0 Å². The van der Waals surface area contributed by atoms with Crippen molar-refractivity contribution in [2.24, 2.45) is 5.10 Å². The fourth-order valence-corrected chi connectivity index (χ4v) is 2.71. The minimum Gasteiger partial charge on any atom is -0.290 e. The number of nitriles is 1. The van der Waals surface area contributed by atoms with Crippen molar-refractivity contribution in [2.45, 2.75) is 5.33 Å². The van der Waals surface area contributed by atoms with Crippen molar-refractivity contribution in [1.29, 1.82) is 5.26 Å². The molecule has 3 rings (SSSR count). The lowest BCUT2D eigenvalue weighted by molar-refractivity contribution is 0.624. The molecular weight excluding hydrogens is 413 g/mol. The van der Waals surface area contributed by atoms with Gasteiger partial charge in [0, 0.05) is 16.5 Å². The average Bonchev–Trinajstić information content (AvgIpc) is 2.69. The Balaban J connectivity index is 1.89. The van der Waals surface area contributed by atoms with Crippen LogP contribution in [0.1, 0.15) is 16.7 Å². The molecule has 0 aliphatic heterocycles. The summed E-state index contributed by atoms with van der Waals surface area (Å²) in [6.45, 7) is 0. The largest absolute Gasteiger partial charge is 0.290 e. The van der Waals surface area contributed by atoms with Crippen molar-refractivity contribution in [3.8, 4) is 17.3 Å². The highest BCUT2D eigenvalue weighted by atomic mass is 79.9. The van der Waals surface area contributed by atoms with E-state index < -0.39 is 11.4 Å². The number of alkyl halides is 1. The average molecular weight is 426 g/mol. The summed E-state index contributed by atoms with van der Waals surface area (Å²) in [5, 5.41) is 13.7. The number of aromatic nitrogens is 2. The van der Waals surface area contributed by atoms with Gasteiger partial charge in [0.15, 0.2) is 0 Å².